The zero-order chi connectivity index (χ0) is 24.8. The quantitative estimate of drug-likeness (QED) is 0.279. The maximum Gasteiger partial charge on any atom is 0.319 e. The number of aromatic nitrogens is 3. The van der Waals surface area contributed by atoms with E-state index in [0.29, 0.717) is 22.3 Å². The summed E-state index contributed by atoms with van der Waals surface area (Å²) in [6.45, 7) is 4.27. The molecular weight excluding hydrogens is 482 g/mol. The fourth-order valence-electron chi connectivity index (χ4n) is 3.56. The van der Waals surface area contributed by atoms with E-state index in [9.17, 15) is 4.79 Å². The van der Waals surface area contributed by atoms with Crippen molar-refractivity contribution >= 4 is 35.1 Å². The highest BCUT2D eigenvalue weighted by molar-refractivity contribution is 7.98. The molecule has 1 aromatic heterocycles. The van der Waals surface area contributed by atoms with E-state index in [1.54, 1.807) is 31.0 Å². The van der Waals surface area contributed by atoms with Crippen molar-refractivity contribution in [3.8, 4) is 11.4 Å². The van der Waals surface area contributed by atoms with Crippen LogP contribution in [0.15, 0.2) is 71.9 Å². The predicted octanol–water partition coefficient (Wildman–Crippen LogP) is 6.16. The van der Waals surface area contributed by atoms with E-state index < -0.39 is 0 Å². The molecule has 0 saturated heterocycles. The molecule has 0 aliphatic heterocycles. The van der Waals surface area contributed by atoms with Gasteiger partial charge in [-0.1, -0.05) is 65.8 Å². The molecule has 0 bridgehead atoms. The summed E-state index contributed by atoms with van der Waals surface area (Å²) in [5.41, 5.74) is 4.92. The Kier molecular flexibility index (Phi) is 7.94. The molecule has 7 nitrogen and oxygen atoms in total. The number of methoxy groups -OCH3 is 1. The number of carbonyl (C=O) groups is 1. The summed E-state index contributed by atoms with van der Waals surface area (Å²) >= 11 is 7.91. The maximum absolute atomic E-state index is 12.6. The smallest absolute Gasteiger partial charge is 0.319 e. The highest BCUT2D eigenvalue weighted by atomic mass is 35.5. The van der Waals surface area contributed by atoms with Gasteiger partial charge in [-0.25, -0.2) is 4.79 Å². The molecule has 0 unspecified atom stereocenters. The van der Waals surface area contributed by atoms with Gasteiger partial charge in [0.05, 0.1) is 25.0 Å². The normalized spacial score (nSPS) is 10.7. The van der Waals surface area contributed by atoms with Crippen LogP contribution >= 0.6 is 23.4 Å². The number of para-hydroxylation sites is 2. The number of urea groups is 1. The van der Waals surface area contributed by atoms with Crippen molar-refractivity contribution < 1.29 is 9.53 Å². The van der Waals surface area contributed by atoms with E-state index in [-0.39, 0.29) is 12.6 Å². The summed E-state index contributed by atoms with van der Waals surface area (Å²) in [7, 11) is 1.56. The third-order valence-corrected chi connectivity index (χ3v) is 6.71. The van der Waals surface area contributed by atoms with Crippen molar-refractivity contribution in [2.75, 3.05) is 12.4 Å². The van der Waals surface area contributed by atoms with Crippen molar-refractivity contribution in [2.24, 2.45) is 0 Å². The SMILES string of the molecule is COc1ccccc1NC(=O)NCc1nnc(SCc2ccccc2C)n1-c1cc(Cl)ccc1C. The number of anilines is 1. The first-order valence-corrected chi connectivity index (χ1v) is 12.4. The van der Waals surface area contributed by atoms with Crippen LogP contribution in [0, 0.1) is 13.8 Å². The lowest BCUT2D eigenvalue weighted by atomic mass is 10.1. The molecule has 0 radical (unpaired) electrons. The molecule has 0 aliphatic rings. The Labute approximate surface area is 213 Å². The van der Waals surface area contributed by atoms with Gasteiger partial charge in [0.25, 0.3) is 0 Å². The minimum Gasteiger partial charge on any atom is -0.495 e. The number of halogens is 1. The molecule has 3 aromatic carbocycles. The molecule has 0 spiro atoms. The second-order valence-electron chi connectivity index (χ2n) is 7.89. The zero-order valence-electron chi connectivity index (χ0n) is 19.7. The Balaban J connectivity index is 1.57. The number of nitrogens with one attached hydrogen (secondary N) is 2. The van der Waals surface area contributed by atoms with Gasteiger partial charge in [0, 0.05) is 10.8 Å². The largest absolute Gasteiger partial charge is 0.495 e. The first-order valence-electron chi connectivity index (χ1n) is 11.0. The monoisotopic (exact) mass is 507 g/mol. The van der Waals surface area contributed by atoms with Crippen molar-refractivity contribution in [3.63, 3.8) is 0 Å². The Morgan fingerprint density at radius 3 is 2.60 bits per heavy atom. The molecule has 0 saturated carbocycles. The van der Waals surface area contributed by atoms with Crippen molar-refractivity contribution in [2.45, 2.75) is 31.3 Å². The molecule has 0 aliphatic carbocycles. The number of ether oxygens (including phenoxy) is 1. The van der Waals surface area contributed by atoms with E-state index >= 15 is 0 Å². The van der Waals surface area contributed by atoms with E-state index in [1.165, 1.54) is 11.1 Å². The lowest BCUT2D eigenvalue weighted by Gasteiger charge is -2.15. The Hall–Kier alpha value is -3.49. The van der Waals surface area contributed by atoms with Crippen LogP contribution in [0.5, 0.6) is 5.75 Å². The summed E-state index contributed by atoms with van der Waals surface area (Å²) < 4.78 is 7.25. The van der Waals surface area contributed by atoms with Gasteiger partial charge < -0.3 is 15.4 Å². The number of hydrogen-bond donors (Lipinski definition) is 2. The van der Waals surface area contributed by atoms with Crippen molar-refractivity contribution in [1.29, 1.82) is 0 Å². The predicted molar refractivity (Wildman–Crippen MR) is 141 cm³/mol. The molecule has 9 heteroatoms. The van der Waals surface area contributed by atoms with Crippen LogP contribution in [0.3, 0.4) is 0 Å². The summed E-state index contributed by atoms with van der Waals surface area (Å²) in [6.07, 6.45) is 0. The van der Waals surface area contributed by atoms with Gasteiger partial charge in [-0.05, 0) is 54.8 Å². The summed E-state index contributed by atoms with van der Waals surface area (Å²) in [6, 6.07) is 20.8. The second kappa shape index (κ2) is 11.3. The van der Waals surface area contributed by atoms with E-state index in [0.717, 1.165) is 22.2 Å². The van der Waals surface area contributed by atoms with Crippen LogP contribution in [0.1, 0.15) is 22.5 Å². The zero-order valence-corrected chi connectivity index (χ0v) is 21.3. The third kappa shape index (κ3) is 5.96. The molecule has 2 N–H and O–H groups in total. The topological polar surface area (TPSA) is 81.1 Å². The second-order valence-corrected chi connectivity index (χ2v) is 9.27. The number of aryl methyl sites for hydroxylation is 2. The van der Waals surface area contributed by atoms with E-state index in [4.69, 9.17) is 16.3 Å². The molecule has 35 heavy (non-hydrogen) atoms. The van der Waals surface area contributed by atoms with Gasteiger partial charge in [0.15, 0.2) is 11.0 Å². The van der Waals surface area contributed by atoms with Gasteiger partial charge in [0.2, 0.25) is 0 Å². The van der Waals surface area contributed by atoms with Crippen LogP contribution in [-0.4, -0.2) is 27.9 Å². The van der Waals surface area contributed by atoms with Crippen LogP contribution in [0.2, 0.25) is 5.02 Å². The number of benzene rings is 3. The van der Waals surface area contributed by atoms with Gasteiger partial charge in [0.1, 0.15) is 5.75 Å². The lowest BCUT2D eigenvalue weighted by molar-refractivity contribution is 0.251. The summed E-state index contributed by atoms with van der Waals surface area (Å²) in [4.78, 5) is 12.6. The lowest BCUT2D eigenvalue weighted by Crippen LogP contribution is -2.29. The standard InChI is InChI=1S/C26H26ClN5O2S/c1-17-8-4-5-9-19(17)16-35-26-31-30-24(32(26)22-14-20(27)13-12-18(22)2)15-28-25(33)29-21-10-6-7-11-23(21)34-3/h4-14H,15-16H2,1-3H3,(H2,28,29,33). The number of rotatable bonds is 8. The molecule has 0 atom stereocenters. The highest BCUT2D eigenvalue weighted by Crippen LogP contribution is 2.29. The molecular formula is C26H26ClN5O2S. The van der Waals surface area contributed by atoms with Crippen LogP contribution < -0.4 is 15.4 Å². The number of nitrogens with zero attached hydrogens (tertiary/aromatic N) is 3. The number of thioether (sulfide) groups is 1. The van der Waals surface area contributed by atoms with Crippen molar-refractivity contribution in [3.05, 3.63) is 94.3 Å². The number of carbonyl (C=O) groups excluding carboxylic acids is 1. The molecule has 1 heterocycles. The van der Waals surface area contributed by atoms with Crippen LogP contribution in [0.4, 0.5) is 10.5 Å². The Morgan fingerprint density at radius 1 is 1.03 bits per heavy atom. The molecule has 180 valence electrons. The van der Waals surface area contributed by atoms with Crippen LogP contribution in [0.25, 0.3) is 5.69 Å². The van der Waals surface area contributed by atoms with E-state index in [1.807, 2.05) is 54.0 Å². The highest BCUT2D eigenvalue weighted by Gasteiger charge is 2.18. The molecule has 0 fully saturated rings. The first-order chi connectivity index (χ1) is 17.0. The summed E-state index contributed by atoms with van der Waals surface area (Å²) in [5, 5.41) is 15.8. The molecule has 4 aromatic rings. The number of hydrogen-bond acceptors (Lipinski definition) is 5. The maximum atomic E-state index is 12.6. The fraction of sp³-hybridized carbons (Fsp3) is 0.192. The van der Waals surface area contributed by atoms with E-state index in [2.05, 4.69) is 39.9 Å². The molecule has 4 rings (SSSR count). The van der Waals surface area contributed by atoms with Gasteiger partial charge >= 0.3 is 6.03 Å². The summed E-state index contributed by atoms with van der Waals surface area (Å²) in [5.74, 6) is 1.92. The minimum atomic E-state index is -0.374. The van der Waals surface area contributed by atoms with Crippen molar-refractivity contribution in [1.82, 2.24) is 20.1 Å². The van der Waals surface area contributed by atoms with Gasteiger partial charge in [-0.2, -0.15) is 0 Å². The fourth-order valence-corrected chi connectivity index (χ4v) is 4.77. The number of amides is 2. The van der Waals surface area contributed by atoms with Gasteiger partial charge in [-0.15, -0.1) is 10.2 Å². The Bertz CT molecular complexity index is 1340. The average Bonchev–Trinajstić information content (AvgIpc) is 3.26. The minimum absolute atomic E-state index is 0.171. The first kappa shape index (κ1) is 24.6. The average molecular weight is 508 g/mol. The Morgan fingerprint density at radius 2 is 1.80 bits per heavy atom. The molecule has 2 amide bonds. The van der Waals surface area contributed by atoms with Crippen LogP contribution in [-0.2, 0) is 12.3 Å². The van der Waals surface area contributed by atoms with Gasteiger partial charge in [-0.3, -0.25) is 4.57 Å². The third-order valence-electron chi connectivity index (χ3n) is 5.49.